The Morgan fingerprint density at radius 2 is 1.94 bits per heavy atom. The molecule has 2 rings (SSSR count). The van der Waals surface area contributed by atoms with Crippen LogP contribution in [-0.4, -0.2) is 17.9 Å². The lowest BCUT2D eigenvalue weighted by atomic mass is 9.97. The summed E-state index contributed by atoms with van der Waals surface area (Å²) in [6.07, 6.45) is 0.863. The van der Waals surface area contributed by atoms with Crippen molar-refractivity contribution in [1.29, 1.82) is 0 Å². The number of nitrogen functional groups attached to an aromatic ring is 1. The molecule has 0 saturated heterocycles. The minimum absolute atomic E-state index is 0.155. The number of nitrogens with two attached hydrogens (primary N) is 1. The fourth-order valence-corrected chi connectivity index (χ4v) is 1.78. The van der Waals surface area contributed by atoms with Crippen molar-refractivity contribution in [2.45, 2.75) is 25.9 Å². The number of benzene rings is 1. The first kappa shape index (κ1) is 12.6. The molecule has 0 bridgehead atoms. The molecule has 4 nitrogen and oxygen atoms in total. The first-order chi connectivity index (χ1) is 8.50. The highest BCUT2D eigenvalue weighted by Crippen LogP contribution is 2.23. The second-order valence-corrected chi connectivity index (χ2v) is 4.95. The van der Waals surface area contributed by atoms with Gasteiger partial charge in [-0.3, -0.25) is 0 Å². The number of hydrogen-bond donors (Lipinski definition) is 1. The van der Waals surface area contributed by atoms with E-state index in [1.165, 1.54) is 5.56 Å². The van der Waals surface area contributed by atoms with Gasteiger partial charge in [-0.1, -0.05) is 29.4 Å². The molecule has 2 N–H and O–H groups in total. The molecular weight excluding hydrogens is 228 g/mol. The third-order valence-electron chi connectivity index (χ3n) is 2.95. The highest BCUT2D eigenvalue weighted by Gasteiger charge is 2.17. The average molecular weight is 246 g/mol. The van der Waals surface area contributed by atoms with Crippen molar-refractivity contribution < 1.29 is 9.26 Å². The Kier molecular flexibility index (Phi) is 3.39. The Hall–Kier alpha value is -1.81. The minimum atomic E-state index is -0.155. The zero-order valence-electron chi connectivity index (χ0n) is 10.9. The van der Waals surface area contributed by atoms with Crippen molar-refractivity contribution >= 4 is 5.82 Å². The van der Waals surface area contributed by atoms with Crippen LogP contribution in [0.4, 0.5) is 5.82 Å². The molecule has 0 amide bonds. The van der Waals surface area contributed by atoms with Gasteiger partial charge in [0.25, 0.3) is 0 Å². The molecule has 4 heteroatoms. The van der Waals surface area contributed by atoms with Crippen molar-refractivity contribution in [3.63, 3.8) is 0 Å². The van der Waals surface area contributed by atoms with Gasteiger partial charge in [0.2, 0.25) is 0 Å². The van der Waals surface area contributed by atoms with Crippen LogP contribution in [0, 0.1) is 0 Å². The van der Waals surface area contributed by atoms with Gasteiger partial charge < -0.3 is 15.0 Å². The van der Waals surface area contributed by atoms with E-state index in [1.807, 2.05) is 12.1 Å². The van der Waals surface area contributed by atoms with Crippen molar-refractivity contribution in [1.82, 2.24) is 5.16 Å². The maximum absolute atomic E-state index is 5.53. The van der Waals surface area contributed by atoms with Gasteiger partial charge in [-0.25, -0.2) is 0 Å². The van der Waals surface area contributed by atoms with Gasteiger partial charge in [0.1, 0.15) is 0 Å². The lowest BCUT2D eigenvalue weighted by Gasteiger charge is -2.22. The summed E-state index contributed by atoms with van der Waals surface area (Å²) in [5, 5.41) is 3.67. The maximum Gasteiger partial charge on any atom is 0.169 e. The highest BCUT2D eigenvalue weighted by molar-refractivity contribution is 5.60. The average Bonchev–Trinajstić information content (AvgIpc) is 2.76. The largest absolute Gasteiger partial charge is 0.381 e. The summed E-state index contributed by atoms with van der Waals surface area (Å²) in [5.74, 6) is 1.08. The zero-order valence-corrected chi connectivity index (χ0v) is 10.9. The highest BCUT2D eigenvalue weighted by atomic mass is 16.5. The van der Waals surface area contributed by atoms with Crippen LogP contribution in [0.2, 0.25) is 0 Å². The summed E-state index contributed by atoms with van der Waals surface area (Å²) >= 11 is 0. The number of aromatic nitrogens is 1. The Bertz CT molecular complexity index is 515. The van der Waals surface area contributed by atoms with Gasteiger partial charge in [0, 0.05) is 25.2 Å². The minimum Gasteiger partial charge on any atom is -0.381 e. The molecule has 0 fully saturated rings. The Balaban J connectivity index is 2.15. The summed E-state index contributed by atoms with van der Waals surface area (Å²) < 4.78 is 10.5. The SMILES string of the molecule is COC(C)(C)Cc1ccc(-c2cc(N)no2)cc1. The summed E-state index contributed by atoms with van der Waals surface area (Å²) in [5.41, 5.74) is 7.56. The smallest absolute Gasteiger partial charge is 0.169 e. The molecule has 0 aliphatic heterocycles. The summed E-state index contributed by atoms with van der Waals surface area (Å²) in [4.78, 5) is 0. The predicted octanol–water partition coefficient (Wildman–Crippen LogP) is 2.89. The van der Waals surface area contributed by atoms with Gasteiger partial charge in [-0.15, -0.1) is 0 Å². The molecule has 1 aromatic carbocycles. The first-order valence-corrected chi connectivity index (χ1v) is 5.87. The van der Waals surface area contributed by atoms with E-state index in [4.69, 9.17) is 15.0 Å². The van der Waals surface area contributed by atoms with E-state index in [0.717, 1.165) is 12.0 Å². The molecule has 0 spiro atoms. The normalized spacial score (nSPS) is 11.7. The molecular formula is C14H18N2O2. The van der Waals surface area contributed by atoms with Crippen molar-refractivity contribution in [3.8, 4) is 11.3 Å². The maximum atomic E-state index is 5.53. The van der Waals surface area contributed by atoms with E-state index in [-0.39, 0.29) is 5.60 Å². The van der Waals surface area contributed by atoms with E-state index in [0.29, 0.717) is 11.6 Å². The second-order valence-electron chi connectivity index (χ2n) is 4.95. The number of rotatable bonds is 4. The van der Waals surface area contributed by atoms with E-state index in [9.17, 15) is 0 Å². The molecule has 1 aromatic heterocycles. The van der Waals surface area contributed by atoms with Crippen LogP contribution >= 0.6 is 0 Å². The van der Waals surface area contributed by atoms with Crippen LogP contribution in [0.25, 0.3) is 11.3 Å². The van der Waals surface area contributed by atoms with Gasteiger partial charge >= 0.3 is 0 Å². The lowest BCUT2D eigenvalue weighted by Crippen LogP contribution is -2.25. The van der Waals surface area contributed by atoms with Crippen LogP contribution < -0.4 is 5.73 Å². The van der Waals surface area contributed by atoms with Gasteiger partial charge in [-0.05, 0) is 19.4 Å². The standard InChI is InChI=1S/C14H18N2O2/c1-14(2,17-3)9-10-4-6-11(7-5-10)12-8-13(15)16-18-12/h4-8H,9H2,1-3H3,(H2,15,16). The third-order valence-corrected chi connectivity index (χ3v) is 2.95. The first-order valence-electron chi connectivity index (χ1n) is 5.87. The molecule has 1 heterocycles. The topological polar surface area (TPSA) is 61.3 Å². The molecule has 0 atom stereocenters. The summed E-state index contributed by atoms with van der Waals surface area (Å²) in [7, 11) is 1.73. The van der Waals surface area contributed by atoms with Gasteiger partial charge in [-0.2, -0.15) is 0 Å². The Morgan fingerprint density at radius 3 is 2.44 bits per heavy atom. The van der Waals surface area contributed by atoms with Crippen LogP contribution in [0.5, 0.6) is 0 Å². The monoisotopic (exact) mass is 246 g/mol. The number of nitrogens with zero attached hydrogens (tertiary/aromatic N) is 1. The number of methoxy groups -OCH3 is 1. The second kappa shape index (κ2) is 4.82. The fraction of sp³-hybridized carbons (Fsp3) is 0.357. The van der Waals surface area contributed by atoms with Gasteiger partial charge in [0.15, 0.2) is 11.6 Å². The molecule has 0 unspecified atom stereocenters. The molecule has 0 aliphatic carbocycles. The van der Waals surface area contributed by atoms with E-state index in [1.54, 1.807) is 13.2 Å². The van der Waals surface area contributed by atoms with E-state index >= 15 is 0 Å². The molecule has 0 aliphatic rings. The molecule has 0 saturated carbocycles. The summed E-state index contributed by atoms with van der Waals surface area (Å²) in [6.45, 7) is 4.14. The lowest BCUT2D eigenvalue weighted by molar-refractivity contribution is 0.0232. The molecule has 0 radical (unpaired) electrons. The molecule has 96 valence electrons. The Morgan fingerprint density at radius 1 is 1.28 bits per heavy atom. The zero-order chi connectivity index (χ0) is 13.2. The molecule has 18 heavy (non-hydrogen) atoms. The van der Waals surface area contributed by atoms with Crippen LogP contribution in [-0.2, 0) is 11.2 Å². The van der Waals surface area contributed by atoms with Crippen molar-refractivity contribution in [2.24, 2.45) is 0 Å². The van der Waals surface area contributed by atoms with Crippen molar-refractivity contribution in [3.05, 3.63) is 35.9 Å². The number of hydrogen-bond acceptors (Lipinski definition) is 4. The number of ether oxygens (including phenoxy) is 1. The van der Waals surface area contributed by atoms with E-state index < -0.39 is 0 Å². The molecule has 2 aromatic rings. The van der Waals surface area contributed by atoms with Crippen LogP contribution in [0.3, 0.4) is 0 Å². The Labute approximate surface area is 107 Å². The van der Waals surface area contributed by atoms with Crippen molar-refractivity contribution in [2.75, 3.05) is 12.8 Å². The van der Waals surface area contributed by atoms with Crippen LogP contribution in [0.1, 0.15) is 19.4 Å². The predicted molar refractivity (Wildman–Crippen MR) is 71.1 cm³/mol. The van der Waals surface area contributed by atoms with Crippen LogP contribution in [0.15, 0.2) is 34.9 Å². The number of anilines is 1. The van der Waals surface area contributed by atoms with Gasteiger partial charge in [0.05, 0.1) is 5.60 Å². The fourth-order valence-electron chi connectivity index (χ4n) is 1.78. The quantitative estimate of drug-likeness (QED) is 0.901. The summed E-state index contributed by atoms with van der Waals surface area (Å²) in [6, 6.07) is 9.85. The van der Waals surface area contributed by atoms with E-state index in [2.05, 4.69) is 31.1 Å². The third kappa shape index (κ3) is 2.90.